The third-order valence-corrected chi connectivity index (χ3v) is 6.22. The van der Waals surface area contributed by atoms with E-state index in [4.69, 9.17) is 34.8 Å². The lowest BCUT2D eigenvalue weighted by atomic mass is 10.1. The number of hydrogen-bond acceptors (Lipinski definition) is 2. The molecule has 0 bridgehead atoms. The number of rotatable bonds is 3. The Hall–Kier alpha value is -1.88. The molecule has 1 saturated heterocycles. The van der Waals surface area contributed by atoms with Crippen molar-refractivity contribution < 1.29 is 9.90 Å². The highest BCUT2D eigenvalue weighted by atomic mass is 35.5. The highest BCUT2D eigenvalue weighted by molar-refractivity contribution is 6.51. The number of piperidine rings is 1. The normalized spacial score (nSPS) is 14.7. The predicted molar refractivity (Wildman–Crippen MR) is 111 cm³/mol. The Morgan fingerprint density at radius 1 is 0.963 bits per heavy atom. The zero-order valence-corrected chi connectivity index (χ0v) is 16.7. The first-order chi connectivity index (χ1) is 13.0. The third kappa shape index (κ3) is 3.06. The molecule has 27 heavy (non-hydrogen) atoms. The molecule has 2 aromatic carbocycles. The van der Waals surface area contributed by atoms with E-state index in [-0.39, 0.29) is 15.7 Å². The van der Waals surface area contributed by atoms with Gasteiger partial charge < -0.3 is 14.6 Å². The van der Waals surface area contributed by atoms with Gasteiger partial charge in [0.15, 0.2) is 5.69 Å². The number of carbonyl (C=O) groups is 1. The summed E-state index contributed by atoms with van der Waals surface area (Å²) in [4.78, 5) is 14.5. The smallest absolute Gasteiger partial charge is 0.355 e. The summed E-state index contributed by atoms with van der Waals surface area (Å²) in [6, 6.07) is 11.0. The van der Waals surface area contributed by atoms with E-state index in [1.54, 1.807) is 10.6 Å². The molecule has 4 nitrogen and oxygen atoms in total. The molecule has 0 aliphatic carbocycles. The molecule has 140 valence electrons. The minimum absolute atomic E-state index is 0.179. The topological polar surface area (TPSA) is 45.5 Å². The van der Waals surface area contributed by atoms with Gasteiger partial charge in [0.05, 0.1) is 26.3 Å². The van der Waals surface area contributed by atoms with Crippen molar-refractivity contribution in [2.75, 3.05) is 18.0 Å². The van der Waals surface area contributed by atoms with Crippen molar-refractivity contribution in [1.29, 1.82) is 0 Å². The summed E-state index contributed by atoms with van der Waals surface area (Å²) in [6.45, 7) is 1.56. The molecule has 1 aliphatic heterocycles. The van der Waals surface area contributed by atoms with Gasteiger partial charge in [-0.2, -0.15) is 0 Å². The van der Waals surface area contributed by atoms with E-state index in [1.165, 1.54) is 0 Å². The quantitative estimate of drug-likeness (QED) is 0.504. The largest absolute Gasteiger partial charge is 0.476 e. The van der Waals surface area contributed by atoms with Gasteiger partial charge in [0.25, 0.3) is 0 Å². The van der Waals surface area contributed by atoms with Crippen LogP contribution in [0.5, 0.6) is 0 Å². The molecule has 0 radical (unpaired) electrons. The van der Waals surface area contributed by atoms with Crippen LogP contribution in [0.2, 0.25) is 15.1 Å². The number of carboxylic acid groups (broad SMARTS) is 1. The summed E-state index contributed by atoms with van der Waals surface area (Å²) in [5.41, 5.74) is 2.17. The van der Waals surface area contributed by atoms with Crippen LogP contribution >= 0.6 is 34.8 Å². The molecule has 0 spiro atoms. The second kappa shape index (κ2) is 7.27. The van der Waals surface area contributed by atoms with Crippen LogP contribution in [0, 0.1) is 0 Å². The van der Waals surface area contributed by atoms with Crippen LogP contribution in [0.3, 0.4) is 0 Å². The lowest BCUT2D eigenvalue weighted by Crippen LogP contribution is -2.30. The van der Waals surface area contributed by atoms with E-state index in [1.807, 2.05) is 30.3 Å². The van der Waals surface area contributed by atoms with Gasteiger partial charge in [-0.15, -0.1) is 0 Å². The number of carboxylic acids is 1. The van der Waals surface area contributed by atoms with Crippen LogP contribution in [-0.4, -0.2) is 28.7 Å². The Labute approximate surface area is 171 Å². The fourth-order valence-corrected chi connectivity index (χ4v) is 4.48. The first-order valence-electron chi connectivity index (χ1n) is 8.76. The summed E-state index contributed by atoms with van der Waals surface area (Å²) >= 11 is 19.2. The first-order valence-corrected chi connectivity index (χ1v) is 9.89. The molecule has 2 heterocycles. The van der Waals surface area contributed by atoms with E-state index in [0.717, 1.165) is 38.0 Å². The van der Waals surface area contributed by atoms with Gasteiger partial charge in [-0.05, 0) is 37.5 Å². The second-order valence-electron chi connectivity index (χ2n) is 6.60. The minimum Gasteiger partial charge on any atom is -0.476 e. The van der Waals surface area contributed by atoms with E-state index in [0.29, 0.717) is 21.6 Å². The molecule has 1 aliphatic rings. The predicted octanol–water partition coefficient (Wildman–Crippen LogP) is 6.28. The van der Waals surface area contributed by atoms with Crippen LogP contribution in [0.25, 0.3) is 16.6 Å². The maximum atomic E-state index is 12.4. The van der Waals surface area contributed by atoms with Gasteiger partial charge in [-0.3, -0.25) is 0 Å². The number of anilines is 1. The Bertz CT molecular complexity index is 1030. The molecule has 3 aromatic rings. The number of benzene rings is 2. The zero-order valence-electron chi connectivity index (χ0n) is 14.4. The standard InChI is InChI=1S/C20H17Cl3N2O2/c21-13-11-14-15(17(23)16(13)22)18(24-9-5-2-6-10-24)19(20(26)27)25(14)12-7-3-1-4-8-12/h1,3-4,7-8,11H,2,5-6,9-10H2,(H,26,27). The van der Waals surface area contributed by atoms with Crippen LogP contribution in [0.4, 0.5) is 5.69 Å². The molecular weight excluding hydrogens is 407 g/mol. The Kier molecular flexibility index (Phi) is 4.97. The molecule has 7 heteroatoms. The van der Waals surface area contributed by atoms with Gasteiger partial charge >= 0.3 is 5.97 Å². The number of halogens is 3. The molecular formula is C20H17Cl3N2O2. The van der Waals surface area contributed by atoms with Crippen LogP contribution < -0.4 is 4.90 Å². The van der Waals surface area contributed by atoms with Crippen molar-refractivity contribution in [2.24, 2.45) is 0 Å². The fraction of sp³-hybridized carbons (Fsp3) is 0.250. The lowest BCUT2D eigenvalue weighted by Gasteiger charge is -2.29. The van der Waals surface area contributed by atoms with E-state index in [2.05, 4.69) is 4.90 Å². The Morgan fingerprint density at radius 3 is 2.26 bits per heavy atom. The number of para-hydroxylation sites is 1. The summed E-state index contributed by atoms with van der Waals surface area (Å²) in [5.74, 6) is -1.01. The highest BCUT2D eigenvalue weighted by Gasteiger charge is 2.30. The number of nitrogens with zero attached hydrogens (tertiary/aromatic N) is 2. The van der Waals surface area contributed by atoms with E-state index >= 15 is 0 Å². The summed E-state index contributed by atoms with van der Waals surface area (Å²) in [7, 11) is 0. The van der Waals surface area contributed by atoms with Crippen LogP contribution in [0.1, 0.15) is 29.8 Å². The summed E-state index contributed by atoms with van der Waals surface area (Å²) in [5, 5.41) is 11.6. The highest BCUT2D eigenvalue weighted by Crippen LogP contribution is 2.46. The van der Waals surface area contributed by atoms with E-state index < -0.39 is 5.97 Å². The van der Waals surface area contributed by atoms with Crippen molar-refractivity contribution in [3.05, 3.63) is 57.2 Å². The van der Waals surface area contributed by atoms with Gasteiger partial charge in [0, 0.05) is 24.2 Å². The number of aromatic carboxylic acids is 1. The maximum Gasteiger partial charge on any atom is 0.355 e. The second-order valence-corrected chi connectivity index (χ2v) is 7.76. The zero-order chi connectivity index (χ0) is 19.1. The third-order valence-electron chi connectivity index (χ3n) is 4.96. The first kappa shape index (κ1) is 18.5. The Morgan fingerprint density at radius 2 is 1.63 bits per heavy atom. The molecule has 1 fully saturated rings. The molecule has 0 unspecified atom stereocenters. The lowest BCUT2D eigenvalue weighted by molar-refractivity contribution is 0.0689. The van der Waals surface area contributed by atoms with Crippen molar-refractivity contribution in [3.63, 3.8) is 0 Å². The van der Waals surface area contributed by atoms with Gasteiger partial charge in [-0.1, -0.05) is 53.0 Å². The molecule has 0 atom stereocenters. The average Bonchev–Trinajstić information content (AvgIpc) is 3.03. The Balaban J connectivity index is 2.15. The number of fused-ring (bicyclic) bond motifs is 1. The van der Waals surface area contributed by atoms with E-state index in [9.17, 15) is 9.90 Å². The minimum atomic E-state index is -1.01. The average molecular weight is 424 g/mol. The number of hydrogen-bond donors (Lipinski definition) is 1. The van der Waals surface area contributed by atoms with Crippen molar-refractivity contribution >= 4 is 57.4 Å². The summed E-state index contributed by atoms with van der Waals surface area (Å²) in [6.07, 6.45) is 3.16. The fourth-order valence-electron chi connectivity index (χ4n) is 3.80. The molecule has 1 aromatic heterocycles. The molecule has 1 N–H and O–H groups in total. The SMILES string of the molecule is O=C(O)c1c(N2CCCCC2)c2c(Cl)c(Cl)c(Cl)cc2n1-c1ccccc1. The van der Waals surface area contributed by atoms with Gasteiger partial charge in [0.1, 0.15) is 0 Å². The van der Waals surface area contributed by atoms with Crippen molar-refractivity contribution in [2.45, 2.75) is 19.3 Å². The monoisotopic (exact) mass is 422 g/mol. The van der Waals surface area contributed by atoms with Gasteiger partial charge in [0.2, 0.25) is 0 Å². The van der Waals surface area contributed by atoms with Crippen LogP contribution in [0.15, 0.2) is 36.4 Å². The van der Waals surface area contributed by atoms with Crippen LogP contribution in [-0.2, 0) is 0 Å². The summed E-state index contributed by atoms with van der Waals surface area (Å²) < 4.78 is 1.70. The molecule has 0 saturated carbocycles. The molecule has 4 rings (SSSR count). The van der Waals surface area contributed by atoms with Crippen molar-refractivity contribution in [3.8, 4) is 5.69 Å². The maximum absolute atomic E-state index is 12.4. The van der Waals surface area contributed by atoms with Crippen molar-refractivity contribution in [1.82, 2.24) is 4.57 Å². The molecule has 0 amide bonds. The van der Waals surface area contributed by atoms with Gasteiger partial charge in [-0.25, -0.2) is 4.79 Å². The number of aromatic nitrogens is 1.